The number of rotatable bonds is 12. The van der Waals surface area contributed by atoms with Crippen LogP contribution in [-0.4, -0.2) is 18.0 Å². The summed E-state index contributed by atoms with van der Waals surface area (Å²) >= 11 is 39.7. The summed E-state index contributed by atoms with van der Waals surface area (Å²) in [5, 5.41) is 7.07. The monoisotopic (exact) mass is 779 g/mol. The Kier molecular flexibility index (Phi) is 12.3. The Balaban J connectivity index is 1.79. The van der Waals surface area contributed by atoms with Crippen LogP contribution in [0.4, 0.5) is 0 Å². The minimum atomic E-state index is 0.358. The topological polar surface area (TPSA) is 3.24 Å². The molecule has 0 unspecified atom stereocenters. The fourth-order valence-corrected chi connectivity index (χ4v) is 8.27. The van der Waals surface area contributed by atoms with Gasteiger partial charge in [0.1, 0.15) is 0 Å². The number of hydrogen-bond donors (Lipinski definition) is 0. The summed E-state index contributed by atoms with van der Waals surface area (Å²) in [6.45, 7) is 9.50. The molecule has 0 aliphatic carbocycles. The normalized spacial score (nSPS) is 11.7. The van der Waals surface area contributed by atoms with Gasteiger partial charge in [-0.3, -0.25) is 4.90 Å². The summed E-state index contributed by atoms with van der Waals surface area (Å²) in [6.07, 6.45) is 5.27. The van der Waals surface area contributed by atoms with Gasteiger partial charge in [-0.05, 0) is 135 Å². The minimum absolute atomic E-state index is 0.358. The number of nitrogens with zero attached hydrogens (tertiary/aromatic N) is 1. The van der Waals surface area contributed by atoms with Gasteiger partial charge in [0.25, 0.3) is 0 Å². The van der Waals surface area contributed by atoms with Crippen molar-refractivity contribution in [3.8, 4) is 33.4 Å². The Bertz CT molecular complexity index is 2140. The third-order valence-electron chi connectivity index (χ3n) is 9.54. The molecule has 258 valence electrons. The molecule has 6 aromatic carbocycles. The molecule has 0 heterocycles. The molecule has 0 saturated carbocycles. The van der Waals surface area contributed by atoms with Crippen molar-refractivity contribution < 1.29 is 0 Å². The van der Waals surface area contributed by atoms with E-state index < -0.39 is 0 Å². The average molecular weight is 783 g/mol. The summed E-state index contributed by atoms with van der Waals surface area (Å²) in [7, 11) is 0. The zero-order valence-corrected chi connectivity index (χ0v) is 33.0. The van der Waals surface area contributed by atoms with Gasteiger partial charge in [-0.15, -0.1) is 0 Å². The Morgan fingerprint density at radius 2 is 0.900 bits per heavy atom. The first-order valence-electron chi connectivity index (χ1n) is 17.3. The van der Waals surface area contributed by atoms with E-state index in [1.807, 2.05) is 24.3 Å². The van der Waals surface area contributed by atoms with Crippen molar-refractivity contribution >= 4 is 91.2 Å². The number of fused-ring (bicyclic) bond motifs is 2. The number of unbranched alkanes of at least 4 members (excludes halogenated alkanes) is 2. The van der Waals surface area contributed by atoms with Gasteiger partial charge in [0.05, 0.1) is 30.1 Å². The quantitative estimate of drug-likeness (QED) is 0.112. The van der Waals surface area contributed by atoms with Gasteiger partial charge in [0.15, 0.2) is 0 Å². The lowest BCUT2D eigenvalue weighted by Gasteiger charge is -2.28. The van der Waals surface area contributed by atoms with E-state index in [9.17, 15) is 0 Å². The Morgan fingerprint density at radius 3 is 1.32 bits per heavy atom. The van der Waals surface area contributed by atoms with Crippen LogP contribution in [0.5, 0.6) is 0 Å². The van der Waals surface area contributed by atoms with Crippen LogP contribution in [-0.2, 0) is 13.0 Å². The summed E-state index contributed by atoms with van der Waals surface area (Å²) in [6, 6.07) is 29.6. The fraction of sp³-hybridized carbons (Fsp3) is 0.256. The zero-order valence-electron chi connectivity index (χ0n) is 28.5. The van der Waals surface area contributed by atoms with Crippen LogP contribution in [0.2, 0.25) is 30.1 Å². The summed E-state index contributed by atoms with van der Waals surface area (Å²) < 4.78 is 0. The smallest absolute Gasteiger partial charge is 0.0778 e. The van der Waals surface area contributed by atoms with Crippen molar-refractivity contribution in [2.45, 2.75) is 59.4 Å². The van der Waals surface area contributed by atoms with Crippen molar-refractivity contribution in [3.63, 3.8) is 0 Å². The molecule has 0 aliphatic rings. The molecule has 0 aromatic heterocycles. The van der Waals surface area contributed by atoms with E-state index in [1.165, 1.54) is 33.0 Å². The first-order valence-corrected chi connectivity index (χ1v) is 19.5. The molecule has 7 heteroatoms. The van der Waals surface area contributed by atoms with Crippen LogP contribution in [0.1, 0.15) is 57.6 Å². The SMILES string of the molecule is CCCCN(CCCC)Cc1c(-c2cc(Cl)c(Cl)c(Cl)c2)cc2ccccc2c1-c1c(CC)c(-c2cc(Cl)c(Cl)c(Cl)c2)cc2ccccc12. The summed E-state index contributed by atoms with van der Waals surface area (Å²) in [5.74, 6) is 0. The van der Waals surface area contributed by atoms with Gasteiger partial charge >= 0.3 is 0 Å². The molecule has 1 nitrogen and oxygen atoms in total. The highest BCUT2D eigenvalue weighted by Crippen LogP contribution is 2.48. The van der Waals surface area contributed by atoms with Gasteiger partial charge in [0, 0.05) is 6.54 Å². The largest absolute Gasteiger partial charge is 0.299 e. The summed E-state index contributed by atoms with van der Waals surface area (Å²) in [4.78, 5) is 2.61. The lowest BCUT2D eigenvalue weighted by Crippen LogP contribution is -2.26. The molecule has 6 aromatic rings. The highest BCUT2D eigenvalue weighted by Gasteiger charge is 2.25. The lowest BCUT2D eigenvalue weighted by molar-refractivity contribution is 0.258. The molecular weight excluding hydrogens is 743 g/mol. The van der Waals surface area contributed by atoms with Gasteiger partial charge in [-0.25, -0.2) is 0 Å². The molecule has 0 amide bonds. The highest BCUT2D eigenvalue weighted by molar-refractivity contribution is 6.49. The third-order valence-corrected chi connectivity index (χ3v) is 11.9. The van der Waals surface area contributed by atoms with E-state index in [4.69, 9.17) is 69.6 Å². The molecule has 0 N–H and O–H groups in total. The average Bonchev–Trinajstić information content (AvgIpc) is 3.12. The van der Waals surface area contributed by atoms with E-state index in [2.05, 4.69) is 86.3 Å². The van der Waals surface area contributed by atoms with Crippen molar-refractivity contribution in [1.29, 1.82) is 0 Å². The predicted molar refractivity (Wildman–Crippen MR) is 222 cm³/mol. The summed E-state index contributed by atoms with van der Waals surface area (Å²) in [5.41, 5.74) is 8.88. The maximum atomic E-state index is 6.73. The second-order valence-electron chi connectivity index (χ2n) is 12.8. The van der Waals surface area contributed by atoms with Crippen LogP contribution in [0.3, 0.4) is 0 Å². The fourth-order valence-electron chi connectivity index (χ4n) is 7.08. The van der Waals surface area contributed by atoms with Crippen molar-refractivity contribution in [3.05, 3.63) is 126 Å². The van der Waals surface area contributed by atoms with E-state index >= 15 is 0 Å². The molecule has 0 saturated heterocycles. The van der Waals surface area contributed by atoms with Crippen LogP contribution in [0.15, 0.2) is 84.9 Å². The molecule has 0 fully saturated rings. The van der Waals surface area contributed by atoms with Gasteiger partial charge in [-0.2, -0.15) is 0 Å². The van der Waals surface area contributed by atoms with E-state index in [0.29, 0.717) is 30.1 Å². The maximum Gasteiger partial charge on any atom is 0.0778 e. The molecule has 0 bridgehead atoms. The van der Waals surface area contributed by atoms with E-state index in [0.717, 1.165) is 84.8 Å². The molecule has 0 spiro atoms. The Hall–Kier alpha value is -2.46. The van der Waals surface area contributed by atoms with Gasteiger partial charge < -0.3 is 0 Å². The first-order chi connectivity index (χ1) is 24.2. The highest BCUT2D eigenvalue weighted by atomic mass is 35.5. The van der Waals surface area contributed by atoms with E-state index in [-0.39, 0.29) is 0 Å². The molecule has 0 atom stereocenters. The lowest BCUT2D eigenvalue weighted by atomic mass is 9.80. The van der Waals surface area contributed by atoms with Gasteiger partial charge in [0.2, 0.25) is 0 Å². The third kappa shape index (κ3) is 7.53. The van der Waals surface area contributed by atoms with E-state index in [1.54, 1.807) is 0 Å². The van der Waals surface area contributed by atoms with Crippen LogP contribution >= 0.6 is 69.6 Å². The first kappa shape index (κ1) is 37.3. The zero-order chi connectivity index (χ0) is 35.5. The van der Waals surface area contributed by atoms with Crippen LogP contribution < -0.4 is 0 Å². The van der Waals surface area contributed by atoms with Crippen LogP contribution in [0, 0.1) is 0 Å². The van der Waals surface area contributed by atoms with Crippen molar-refractivity contribution in [1.82, 2.24) is 4.90 Å². The molecule has 50 heavy (non-hydrogen) atoms. The minimum Gasteiger partial charge on any atom is -0.299 e. The molecule has 6 rings (SSSR count). The standard InChI is InChI=1S/C43H39Cl6N/c1-4-7-17-50(18-8-5-2)25-35-34(29-23-38(46)43(49)39(47)24-29)20-27-14-10-12-16-32(27)41(35)40-30(6-3)33(19-26-13-9-11-15-31(26)40)28-21-36(44)42(48)37(45)22-28/h9-16,19-24H,4-8,17-18,25H2,1-3H3. The molecule has 0 radical (unpaired) electrons. The van der Waals surface area contributed by atoms with Gasteiger partial charge in [-0.1, -0.05) is 152 Å². The second-order valence-corrected chi connectivity index (χ2v) is 15.2. The van der Waals surface area contributed by atoms with Crippen molar-refractivity contribution in [2.24, 2.45) is 0 Å². The predicted octanol–water partition coefficient (Wildman–Crippen LogP) is 15.9. The number of hydrogen-bond acceptors (Lipinski definition) is 1. The molecule has 0 aliphatic heterocycles. The van der Waals surface area contributed by atoms with Crippen LogP contribution in [0.25, 0.3) is 54.9 Å². The number of benzene rings is 6. The number of halogens is 6. The maximum absolute atomic E-state index is 6.73. The second kappa shape index (κ2) is 16.5. The Labute approximate surface area is 326 Å². The Morgan fingerprint density at radius 1 is 0.500 bits per heavy atom. The molecular formula is C43H39Cl6N. The van der Waals surface area contributed by atoms with Crippen molar-refractivity contribution in [2.75, 3.05) is 13.1 Å².